The summed E-state index contributed by atoms with van der Waals surface area (Å²) in [7, 11) is 0. The third-order valence-electron chi connectivity index (χ3n) is 3.92. The Morgan fingerprint density at radius 3 is 2.31 bits per heavy atom. The Kier molecular flexibility index (Phi) is 4.78. The van der Waals surface area contributed by atoms with Gasteiger partial charge >= 0.3 is 0 Å². The summed E-state index contributed by atoms with van der Waals surface area (Å²) >= 11 is 0. The molecular weight excluding hydrogens is 200 g/mol. The van der Waals surface area contributed by atoms with Gasteiger partial charge in [0.1, 0.15) is 0 Å². The van der Waals surface area contributed by atoms with E-state index in [2.05, 4.69) is 12.2 Å². The van der Waals surface area contributed by atoms with Gasteiger partial charge in [0, 0.05) is 12.6 Å². The van der Waals surface area contributed by atoms with Crippen LogP contribution in [-0.2, 0) is 4.79 Å². The predicted octanol–water partition coefficient (Wildman–Crippen LogP) is 2.06. The van der Waals surface area contributed by atoms with Crippen molar-refractivity contribution in [1.82, 2.24) is 5.32 Å². The van der Waals surface area contributed by atoms with Crippen LogP contribution in [0.3, 0.4) is 0 Å². The highest BCUT2D eigenvalue weighted by Gasteiger charge is 2.27. The molecule has 1 rings (SSSR count). The summed E-state index contributed by atoms with van der Waals surface area (Å²) in [6.07, 6.45) is 6.44. The zero-order valence-electron chi connectivity index (χ0n) is 10.9. The van der Waals surface area contributed by atoms with E-state index in [0.717, 1.165) is 5.92 Å². The standard InChI is InChI=1S/C13H26N2O/c1-4-10-5-7-11(8-6-10)15-9-13(2,3)12(14)16/h10-11,15H,4-9H2,1-3H3,(H2,14,16). The zero-order valence-corrected chi connectivity index (χ0v) is 10.9. The number of carbonyl (C=O) groups excluding carboxylic acids is 1. The van der Waals surface area contributed by atoms with Crippen LogP contribution in [0.5, 0.6) is 0 Å². The van der Waals surface area contributed by atoms with Gasteiger partial charge in [-0.3, -0.25) is 4.79 Å². The van der Waals surface area contributed by atoms with Gasteiger partial charge in [0.15, 0.2) is 0 Å². The van der Waals surface area contributed by atoms with Crippen molar-refractivity contribution in [2.75, 3.05) is 6.54 Å². The Morgan fingerprint density at radius 1 is 1.31 bits per heavy atom. The normalized spacial score (nSPS) is 26.7. The molecule has 0 aromatic heterocycles. The second-order valence-corrected chi connectivity index (χ2v) is 5.75. The van der Waals surface area contributed by atoms with E-state index < -0.39 is 5.41 Å². The minimum absolute atomic E-state index is 0.220. The molecule has 0 aromatic carbocycles. The summed E-state index contributed by atoms with van der Waals surface area (Å²) in [6.45, 7) is 6.78. The molecular formula is C13H26N2O. The summed E-state index contributed by atoms with van der Waals surface area (Å²) in [5, 5.41) is 3.49. The Balaban J connectivity index is 2.27. The summed E-state index contributed by atoms with van der Waals surface area (Å²) in [6, 6.07) is 0.585. The molecule has 0 unspecified atom stereocenters. The molecule has 0 bridgehead atoms. The quantitative estimate of drug-likeness (QED) is 0.754. The minimum atomic E-state index is -0.429. The van der Waals surface area contributed by atoms with Crippen LogP contribution in [0.15, 0.2) is 0 Å². The average Bonchev–Trinajstić information content (AvgIpc) is 2.27. The molecule has 1 fully saturated rings. The van der Waals surface area contributed by atoms with E-state index in [1.165, 1.54) is 32.1 Å². The zero-order chi connectivity index (χ0) is 12.2. The summed E-state index contributed by atoms with van der Waals surface area (Å²) < 4.78 is 0. The molecule has 1 saturated carbocycles. The van der Waals surface area contributed by atoms with Crippen LogP contribution in [0.1, 0.15) is 52.9 Å². The van der Waals surface area contributed by atoms with Crippen molar-refractivity contribution in [3.8, 4) is 0 Å². The van der Waals surface area contributed by atoms with Gasteiger partial charge in [-0.1, -0.05) is 13.3 Å². The van der Waals surface area contributed by atoms with Gasteiger partial charge in [-0.25, -0.2) is 0 Å². The Labute approximate surface area is 99.2 Å². The van der Waals surface area contributed by atoms with Crippen molar-refractivity contribution in [3.05, 3.63) is 0 Å². The smallest absolute Gasteiger partial charge is 0.224 e. The fraction of sp³-hybridized carbons (Fsp3) is 0.923. The maximum absolute atomic E-state index is 11.2. The number of primary amides is 1. The number of hydrogen-bond acceptors (Lipinski definition) is 2. The van der Waals surface area contributed by atoms with Gasteiger partial charge in [-0.05, 0) is 45.4 Å². The topological polar surface area (TPSA) is 55.1 Å². The van der Waals surface area contributed by atoms with Crippen molar-refractivity contribution in [2.45, 2.75) is 58.9 Å². The highest BCUT2D eigenvalue weighted by molar-refractivity contribution is 5.80. The summed E-state index contributed by atoms with van der Waals surface area (Å²) in [5.41, 5.74) is 4.92. The van der Waals surface area contributed by atoms with Crippen LogP contribution in [0.4, 0.5) is 0 Å². The molecule has 16 heavy (non-hydrogen) atoms. The molecule has 0 saturated heterocycles. The van der Waals surface area contributed by atoms with Crippen molar-refractivity contribution < 1.29 is 4.79 Å². The number of nitrogens with two attached hydrogens (primary N) is 1. The molecule has 3 N–H and O–H groups in total. The molecule has 1 amide bonds. The Morgan fingerprint density at radius 2 is 1.88 bits per heavy atom. The van der Waals surface area contributed by atoms with Gasteiger partial charge in [0.05, 0.1) is 5.41 Å². The van der Waals surface area contributed by atoms with E-state index in [0.29, 0.717) is 12.6 Å². The lowest BCUT2D eigenvalue weighted by Gasteiger charge is -2.31. The van der Waals surface area contributed by atoms with Crippen molar-refractivity contribution in [3.63, 3.8) is 0 Å². The lowest BCUT2D eigenvalue weighted by Crippen LogP contribution is -2.44. The van der Waals surface area contributed by atoms with Crippen LogP contribution in [0, 0.1) is 11.3 Å². The maximum Gasteiger partial charge on any atom is 0.224 e. The average molecular weight is 226 g/mol. The van der Waals surface area contributed by atoms with Gasteiger partial charge in [0.25, 0.3) is 0 Å². The van der Waals surface area contributed by atoms with Crippen LogP contribution in [-0.4, -0.2) is 18.5 Å². The summed E-state index contributed by atoms with van der Waals surface area (Å²) in [5.74, 6) is 0.699. The first-order valence-electron chi connectivity index (χ1n) is 6.49. The van der Waals surface area contributed by atoms with E-state index in [1.54, 1.807) is 0 Å². The molecule has 0 aliphatic heterocycles. The van der Waals surface area contributed by atoms with Crippen molar-refractivity contribution in [1.29, 1.82) is 0 Å². The second-order valence-electron chi connectivity index (χ2n) is 5.75. The van der Waals surface area contributed by atoms with Crippen molar-refractivity contribution >= 4 is 5.91 Å². The molecule has 0 spiro atoms. The maximum atomic E-state index is 11.2. The monoisotopic (exact) mass is 226 g/mol. The minimum Gasteiger partial charge on any atom is -0.369 e. The van der Waals surface area contributed by atoms with E-state index in [1.807, 2.05) is 13.8 Å². The third kappa shape index (κ3) is 3.78. The molecule has 1 aliphatic carbocycles. The second kappa shape index (κ2) is 5.67. The van der Waals surface area contributed by atoms with Gasteiger partial charge < -0.3 is 11.1 Å². The number of nitrogens with one attached hydrogen (secondary N) is 1. The van der Waals surface area contributed by atoms with Gasteiger partial charge in [-0.2, -0.15) is 0 Å². The highest BCUT2D eigenvalue weighted by Crippen LogP contribution is 2.27. The van der Waals surface area contributed by atoms with Gasteiger partial charge in [0.2, 0.25) is 5.91 Å². The van der Waals surface area contributed by atoms with Crippen LogP contribution in [0.25, 0.3) is 0 Å². The molecule has 0 aromatic rings. The number of hydrogen-bond donors (Lipinski definition) is 2. The first-order chi connectivity index (χ1) is 7.45. The largest absolute Gasteiger partial charge is 0.369 e. The highest BCUT2D eigenvalue weighted by atomic mass is 16.1. The molecule has 94 valence electrons. The third-order valence-corrected chi connectivity index (χ3v) is 3.92. The number of carbonyl (C=O) groups is 1. The molecule has 0 atom stereocenters. The molecule has 1 aliphatic rings. The fourth-order valence-electron chi connectivity index (χ4n) is 2.26. The fourth-order valence-corrected chi connectivity index (χ4v) is 2.26. The van der Waals surface area contributed by atoms with Crippen LogP contribution >= 0.6 is 0 Å². The lowest BCUT2D eigenvalue weighted by molar-refractivity contribution is -0.125. The number of amides is 1. The van der Waals surface area contributed by atoms with E-state index >= 15 is 0 Å². The first kappa shape index (κ1) is 13.5. The molecule has 3 heteroatoms. The van der Waals surface area contributed by atoms with Crippen LogP contribution < -0.4 is 11.1 Å². The molecule has 0 radical (unpaired) electrons. The molecule has 3 nitrogen and oxygen atoms in total. The Hall–Kier alpha value is -0.570. The SMILES string of the molecule is CCC1CCC(NCC(C)(C)C(N)=O)CC1. The first-order valence-corrected chi connectivity index (χ1v) is 6.49. The van der Waals surface area contributed by atoms with E-state index in [9.17, 15) is 4.79 Å². The molecule has 0 heterocycles. The van der Waals surface area contributed by atoms with Gasteiger partial charge in [-0.15, -0.1) is 0 Å². The van der Waals surface area contributed by atoms with Crippen LogP contribution in [0.2, 0.25) is 0 Å². The van der Waals surface area contributed by atoms with E-state index in [-0.39, 0.29) is 5.91 Å². The predicted molar refractivity (Wildman–Crippen MR) is 67.0 cm³/mol. The van der Waals surface area contributed by atoms with E-state index in [4.69, 9.17) is 5.73 Å². The lowest BCUT2D eigenvalue weighted by atomic mass is 9.84. The Bertz CT molecular complexity index is 230. The van der Waals surface area contributed by atoms with Crippen molar-refractivity contribution in [2.24, 2.45) is 17.1 Å². The summed E-state index contributed by atoms with van der Waals surface area (Å²) in [4.78, 5) is 11.2. The number of rotatable bonds is 5.